The van der Waals surface area contributed by atoms with Gasteiger partial charge in [0.2, 0.25) is 11.8 Å². The maximum Gasteiger partial charge on any atom is 0.254 e. The van der Waals surface area contributed by atoms with E-state index < -0.39 is 0 Å². The molecule has 0 saturated carbocycles. The van der Waals surface area contributed by atoms with Crippen LogP contribution in [0.15, 0.2) is 48.5 Å². The van der Waals surface area contributed by atoms with Gasteiger partial charge in [-0.3, -0.25) is 19.3 Å². The molecule has 1 heterocycles. The summed E-state index contributed by atoms with van der Waals surface area (Å²) in [5.74, 6) is 0.159. The molecule has 1 aliphatic heterocycles. The van der Waals surface area contributed by atoms with E-state index in [4.69, 9.17) is 4.74 Å². The molecule has 2 aromatic rings. The lowest BCUT2D eigenvalue weighted by Gasteiger charge is -2.27. The van der Waals surface area contributed by atoms with Crippen LogP contribution in [0.25, 0.3) is 0 Å². The average Bonchev–Trinajstić information content (AvgIpc) is 3.04. The highest BCUT2D eigenvalue weighted by Gasteiger charge is 2.30. The topological polar surface area (TPSA) is 66.9 Å². The molecular formula is C21H22N2O4. The summed E-state index contributed by atoms with van der Waals surface area (Å²) < 4.78 is 5.39. The zero-order valence-electron chi connectivity index (χ0n) is 15.6. The standard InChI is InChI=1S/C21H22N2O4/c1-14(17-6-4-5-7-18(17)27-3)22(2)21(26)15-8-10-16(11-9-15)23-19(24)12-13-20(23)25/h4-11,14H,12-13H2,1-3H3. The Bertz CT molecular complexity index is 860. The van der Waals surface area contributed by atoms with Crippen LogP contribution in [-0.2, 0) is 9.59 Å². The van der Waals surface area contributed by atoms with Crippen LogP contribution in [0.1, 0.15) is 41.7 Å². The number of nitrogens with zero attached hydrogens (tertiary/aromatic N) is 2. The smallest absolute Gasteiger partial charge is 0.254 e. The van der Waals surface area contributed by atoms with Crippen molar-refractivity contribution in [3.63, 3.8) is 0 Å². The number of para-hydroxylation sites is 1. The summed E-state index contributed by atoms with van der Waals surface area (Å²) in [6.45, 7) is 1.94. The summed E-state index contributed by atoms with van der Waals surface area (Å²) >= 11 is 0. The predicted octanol–water partition coefficient (Wildman–Crippen LogP) is 3.18. The zero-order chi connectivity index (χ0) is 19.6. The number of methoxy groups -OCH3 is 1. The monoisotopic (exact) mass is 366 g/mol. The van der Waals surface area contributed by atoms with Gasteiger partial charge in [0, 0.05) is 31.0 Å². The molecule has 1 aliphatic rings. The SMILES string of the molecule is COc1ccccc1C(C)N(C)C(=O)c1ccc(N2C(=O)CCC2=O)cc1. The van der Waals surface area contributed by atoms with Gasteiger partial charge in [-0.05, 0) is 37.3 Å². The van der Waals surface area contributed by atoms with Crippen LogP contribution in [0, 0.1) is 0 Å². The van der Waals surface area contributed by atoms with Crippen molar-refractivity contribution in [2.45, 2.75) is 25.8 Å². The summed E-state index contributed by atoms with van der Waals surface area (Å²) in [5, 5.41) is 0. The Labute approximate surface area is 158 Å². The van der Waals surface area contributed by atoms with E-state index in [1.165, 1.54) is 4.90 Å². The van der Waals surface area contributed by atoms with E-state index in [2.05, 4.69) is 0 Å². The molecule has 6 heteroatoms. The molecule has 1 atom stereocenters. The first-order valence-corrected chi connectivity index (χ1v) is 8.80. The van der Waals surface area contributed by atoms with Crippen LogP contribution < -0.4 is 9.64 Å². The first-order valence-electron chi connectivity index (χ1n) is 8.80. The van der Waals surface area contributed by atoms with Crippen LogP contribution in [0.4, 0.5) is 5.69 Å². The molecule has 2 aromatic carbocycles. The maximum absolute atomic E-state index is 12.9. The normalized spacial score (nSPS) is 15.0. The number of ether oxygens (including phenoxy) is 1. The van der Waals surface area contributed by atoms with E-state index in [1.54, 1.807) is 43.3 Å². The molecule has 6 nitrogen and oxygen atoms in total. The summed E-state index contributed by atoms with van der Waals surface area (Å²) in [7, 11) is 3.34. The first-order chi connectivity index (χ1) is 12.9. The lowest BCUT2D eigenvalue weighted by atomic mass is 10.0. The van der Waals surface area contributed by atoms with Crippen LogP contribution in [0.5, 0.6) is 5.75 Å². The van der Waals surface area contributed by atoms with Gasteiger partial charge in [0.15, 0.2) is 0 Å². The molecule has 0 bridgehead atoms. The quantitative estimate of drug-likeness (QED) is 0.762. The molecule has 1 fully saturated rings. The average molecular weight is 366 g/mol. The highest BCUT2D eigenvalue weighted by Crippen LogP contribution is 2.29. The second-order valence-corrected chi connectivity index (χ2v) is 6.50. The molecule has 0 aliphatic carbocycles. The molecule has 0 radical (unpaired) electrons. The lowest BCUT2D eigenvalue weighted by molar-refractivity contribution is -0.121. The molecule has 1 saturated heterocycles. The largest absolute Gasteiger partial charge is 0.496 e. The van der Waals surface area contributed by atoms with Gasteiger partial charge in [-0.2, -0.15) is 0 Å². The van der Waals surface area contributed by atoms with Crippen molar-refractivity contribution in [2.24, 2.45) is 0 Å². The van der Waals surface area contributed by atoms with Gasteiger partial charge in [-0.1, -0.05) is 18.2 Å². The third kappa shape index (κ3) is 3.56. The van der Waals surface area contributed by atoms with E-state index in [0.29, 0.717) is 11.3 Å². The molecule has 3 rings (SSSR count). The predicted molar refractivity (Wildman–Crippen MR) is 102 cm³/mol. The minimum absolute atomic E-state index is 0.154. The lowest BCUT2D eigenvalue weighted by Crippen LogP contribution is -2.30. The van der Waals surface area contributed by atoms with Gasteiger partial charge >= 0.3 is 0 Å². The van der Waals surface area contributed by atoms with Crippen LogP contribution in [0.2, 0.25) is 0 Å². The van der Waals surface area contributed by atoms with Crippen molar-refractivity contribution < 1.29 is 19.1 Å². The maximum atomic E-state index is 12.9. The number of hydrogen-bond donors (Lipinski definition) is 0. The summed E-state index contributed by atoms with van der Waals surface area (Å²) in [6.07, 6.45) is 0.470. The Morgan fingerprint density at radius 1 is 1.04 bits per heavy atom. The van der Waals surface area contributed by atoms with E-state index in [1.807, 2.05) is 31.2 Å². The number of imide groups is 1. The fourth-order valence-electron chi connectivity index (χ4n) is 3.22. The van der Waals surface area contributed by atoms with E-state index in [9.17, 15) is 14.4 Å². The second-order valence-electron chi connectivity index (χ2n) is 6.50. The molecule has 27 heavy (non-hydrogen) atoms. The minimum Gasteiger partial charge on any atom is -0.496 e. The highest BCUT2D eigenvalue weighted by atomic mass is 16.5. The minimum atomic E-state index is -0.207. The summed E-state index contributed by atoms with van der Waals surface area (Å²) in [4.78, 5) is 39.3. The Kier molecular flexibility index (Phi) is 5.26. The fourth-order valence-corrected chi connectivity index (χ4v) is 3.22. The van der Waals surface area contributed by atoms with Crippen molar-refractivity contribution in [1.29, 1.82) is 0 Å². The van der Waals surface area contributed by atoms with Gasteiger partial charge in [-0.15, -0.1) is 0 Å². The van der Waals surface area contributed by atoms with E-state index in [0.717, 1.165) is 11.3 Å². The van der Waals surface area contributed by atoms with Gasteiger partial charge in [0.1, 0.15) is 5.75 Å². The molecule has 0 N–H and O–H groups in total. The van der Waals surface area contributed by atoms with Gasteiger partial charge in [0.25, 0.3) is 5.91 Å². The second kappa shape index (κ2) is 7.61. The summed E-state index contributed by atoms with van der Waals surface area (Å²) in [6, 6.07) is 14.0. The van der Waals surface area contributed by atoms with Crippen LogP contribution in [-0.4, -0.2) is 36.8 Å². The van der Waals surface area contributed by atoms with Crippen molar-refractivity contribution >= 4 is 23.4 Å². The Hall–Kier alpha value is -3.15. The molecule has 0 aromatic heterocycles. The highest BCUT2D eigenvalue weighted by molar-refractivity contribution is 6.19. The molecule has 0 spiro atoms. The molecule has 1 unspecified atom stereocenters. The van der Waals surface area contributed by atoms with Crippen LogP contribution >= 0.6 is 0 Å². The Balaban J connectivity index is 1.79. The number of benzene rings is 2. The third-order valence-electron chi connectivity index (χ3n) is 4.91. The molecular weight excluding hydrogens is 344 g/mol. The van der Waals surface area contributed by atoms with E-state index >= 15 is 0 Å². The van der Waals surface area contributed by atoms with Crippen LogP contribution in [0.3, 0.4) is 0 Å². The van der Waals surface area contributed by atoms with Crippen molar-refractivity contribution in [1.82, 2.24) is 4.90 Å². The molecule has 3 amide bonds. The van der Waals surface area contributed by atoms with Crippen molar-refractivity contribution in [2.75, 3.05) is 19.1 Å². The molecule has 140 valence electrons. The third-order valence-corrected chi connectivity index (χ3v) is 4.91. The number of carbonyl (C=O) groups is 3. The van der Waals surface area contributed by atoms with Crippen molar-refractivity contribution in [3.05, 3.63) is 59.7 Å². The number of hydrogen-bond acceptors (Lipinski definition) is 4. The Morgan fingerprint density at radius 2 is 1.63 bits per heavy atom. The number of amides is 3. The zero-order valence-corrected chi connectivity index (χ0v) is 15.6. The van der Waals surface area contributed by atoms with Gasteiger partial charge < -0.3 is 9.64 Å². The van der Waals surface area contributed by atoms with E-state index in [-0.39, 0.29) is 36.6 Å². The Morgan fingerprint density at radius 3 is 2.22 bits per heavy atom. The fraction of sp³-hybridized carbons (Fsp3) is 0.286. The number of anilines is 1. The first kappa shape index (κ1) is 18.6. The van der Waals surface area contributed by atoms with Gasteiger partial charge in [-0.25, -0.2) is 0 Å². The van der Waals surface area contributed by atoms with Crippen molar-refractivity contribution in [3.8, 4) is 5.75 Å². The summed E-state index contributed by atoms with van der Waals surface area (Å²) in [5.41, 5.74) is 1.90. The number of carbonyl (C=O) groups excluding carboxylic acids is 3. The van der Waals surface area contributed by atoms with Gasteiger partial charge in [0.05, 0.1) is 18.8 Å². The number of rotatable bonds is 5.